The molecule has 1 aliphatic rings. The number of hydrogen-bond donors (Lipinski definition) is 1. The summed E-state index contributed by atoms with van der Waals surface area (Å²) < 4.78 is 13.3. The topological polar surface area (TPSA) is 63.4 Å². The molecule has 0 aromatic heterocycles. The van der Waals surface area contributed by atoms with Gasteiger partial charge < -0.3 is 5.73 Å². The Morgan fingerprint density at radius 1 is 1.44 bits per heavy atom. The smallest absolute Gasteiger partial charge is 0.230 e. The fraction of sp³-hybridized carbons (Fsp3) is 0.385. The van der Waals surface area contributed by atoms with E-state index in [9.17, 15) is 14.0 Å². The Labute approximate surface area is 105 Å². The number of carbonyl (C=O) groups excluding carboxylic acids is 2. The third-order valence-electron chi connectivity index (χ3n) is 3.02. The van der Waals surface area contributed by atoms with Gasteiger partial charge in [0.1, 0.15) is 5.82 Å². The van der Waals surface area contributed by atoms with E-state index < -0.39 is 0 Å². The second kappa shape index (κ2) is 5.27. The molecule has 1 heterocycles. The first-order valence-electron chi connectivity index (χ1n) is 5.90. The van der Waals surface area contributed by atoms with Gasteiger partial charge in [-0.05, 0) is 18.1 Å². The normalized spacial score (nSPS) is 19.3. The minimum atomic E-state index is -0.324. The zero-order chi connectivity index (χ0) is 13.1. The predicted octanol–water partition coefficient (Wildman–Crippen LogP) is 0.844. The molecule has 1 atom stereocenters. The molecule has 2 N–H and O–H groups in total. The number of nitrogens with two attached hydrogens (primary N) is 1. The molecule has 4 nitrogen and oxygen atoms in total. The molecule has 0 bridgehead atoms. The Morgan fingerprint density at radius 2 is 2.17 bits per heavy atom. The highest BCUT2D eigenvalue weighted by molar-refractivity contribution is 5.97. The molecule has 0 saturated carbocycles. The maximum absolute atomic E-state index is 13.3. The first-order valence-corrected chi connectivity index (χ1v) is 5.90. The lowest BCUT2D eigenvalue weighted by atomic mass is 10.1. The molecule has 0 spiro atoms. The predicted molar refractivity (Wildman–Crippen MR) is 64.0 cm³/mol. The van der Waals surface area contributed by atoms with Crippen LogP contribution in [0.5, 0.6) is 0 Å². The van der Waals surface area contributed by atoms with E-state index in [4.69, 9.17) is 5.73 Å². The first-order chi connectivity index (χ1) is 8.58. The number of hydrogen-bond acceptors (Lipinski definition) is 3. The van der Waals surface area contributed by atoms with Crippen LogP contribution in [0.25, 0.3) is 0 Å². The van der Waals surface area contributed by atoms with Gasteiger partial charge in [0.2, 0.25) is 11.8 Å². The summed E-state index contributed by atoms with van der Waals surface area (Å²) in [6.45, 7) is 0.273. The van der Waals surface area contributed by atoms with Crippen LogP contribution in [0.2, 0.25) is 0 Å². The number of likely N-dealkylation sites (tertiary alicyclic amines) is 1. The summed E-state index contributed by atoms with van der Waals surface area (Å²) in [6, 6.07) is 6.05. The largest absolute Gasteiger partial charge is 0.326 e. The molecule has 5 heteroatoms. The van der Waals surface area contributed by atoms with E-state index in [0.717, 1.165) is 0 Å². The maximum atomic E-state index is 13.3. The van der Waals surface area contributed by atoms with Crippen molar-refractivity contribution in [2.75, 3.05) is 6.54 Å². The number of aryl methyl sites for hydroxylation is 1. The molecule has 1 aromatic rings. The lowest BCUT2D eigenvalue weighted by molar-refractivity contribution is -0.141. The van der Waals surface area contributed by atoms with Gasteiger partial charge in [0.05, 0.1) is 0 Å². The van der Waals surface area contributed by atoms with Crippen LogP contribution in [0.4, 0.5) is 4.39 Å². The highest BCUT2D eigenvalue weighted by atomic mass is 19.1. The summed E-state index contributed by atoms with van der Waals surface area (Å²) in [7, 11) is 0. The number of halogens is 1. The van der Waals surface area contributed by atoms with Crippen LogP contribution < -0.4 is 5.73 Å². The average Bonchev–Trinajstić information content (AvgIpc) is 2.67. The number of rotatable bonds is 3. The van der Waals surface area contributed by atoms with E-state index >= 15 is 0 Å². The number of benzene rings is 1. The van der Waals surface area contributed by atoms with Crippen molar-refractivity contribution in [3.63, 3.8) is 0 Å². The molecular weight excluding hydrogens is 235 g/mol. The van der Waals surface area contributed by atoms with Crippen molar-refractivity contribution in [2.24, 2.45) is 5.73 Å². The molecule has 2 rings (SSSR count). The van der Waals surface area contributed by atoms with E-state index in [0.29, 0.717) is 12.0 Å². The Balaban J connectivity index is 1.93. The van der Waals surface area contributed by atoms with Crippen molar-refractivity contribution in [3.8, 4) is 0 Å². The lowest BCUT2D eigenvalue weighted by Crippen LogP contribution is -2.34. The monoisotopic (exact) mass is 250 g/mol. The summed E-state index contributed by atoms with van der Waals surface area (Å²) in [6.07, 6.45) is 0.634. The van der Waals surface area contributed by atoms with Crippen LogP contribution in [-0.4, -0.2) is 29.3 Å². The number of amides is 2. The lowest BCUT2D eigenvalue weighted by Gasteiger charge is -2.13. The Bertz CT molecular complexity index is 476. The summed E-state index contributed by atoms with van der Waals surface area (Å²) in [5.41, 5.74) is 6.10. The second-order valence-corrected chi connectivity index (χ2v) is 4.45. The molecule has 1 aromatic carbocycles. The summed E-state index contributed by atoms with van der Waals surface area (Å²) in [5, 5.41) is 0. The van der Waals surface area contributed by atoms with E-state index in [1.807, 2.05) is 0 Å². The van der Waals surface area contributed by atoms with Crippen LogP contribution in [0, 0.1) is 5.82 Å². The van der Waals surface area contributed by atoms with E-state index in [1.165, 1.54) is 11.0 Å². The Morgan fingerprint density at radius 3 is 2.78 bits per heavy atom. The van der Waals surface area contributed by atoms with Crippen LogP contribution >= 0.6 is 0 Å². The quantitative estimate of drug-likeness (QED) is 0.864. The molecule has 1 aliphatic heterocycles. The third kappa shape index (κ3) is 2.73. The van der Waals surface area contributed by atoms with E-state index in [1.54, 1.807) is 18.2 Å². The molecular formula is C13H15FN2O2. The Kier molecular flexibility index (Phi) is 3.72. The number of imide groups is 1. The van der Waals surface area contributed by atoms with Crippen molar-refractivity contribution in [1.29, 1.82) is 0 Å². The van der Waals surface area contributed by atoms with Gasteiger partial charge in [-0.3, -0.25) is 14.5 Å². The van der Waals surface area contributed by atoms with Gasteiger partial charge >= 0.3 is 0 Å². The van der Waals surface area contributed by atoms with Gasteiger partial charge in [0.15, 0.2) is 0 Å². The maximum Gasteiger partial charge on any atom is 0.230 e. The van der Waals surface area contributed by atoms with Crippen LogP contribution in [0.3, 0.4) is 0 Å². The second-order valence-electron chi connectivity index (χ2n) is 4.45. The van der Waals surface area contributed by atoms with Crippen molar-refractivity contribution in [3.05, 3.63) is 35.6 Å². The molecule has 96 valence electrons. The minimum Gasteiger partial charge on any atom is -0.326 e. The Hall–Kier alpha value is -1.75. The first kappa shape index (κ1) is 12.7. The van der Waals surface area contributed by atoms with Gasteiger partial charge in [-0.2, -0.15) is 0 Å². The molecule has 1 unspecified atom stereocenters. The average molecular weight is 250 g/mol. The van der Waals surface area contributed by atoms with Crippen molar-refractivity contribution in [1.82, 2.24) is 4.90 Å². The van der Waals surface area contributed by atoms with Gasteiger partial charge in [0.25, 0.3) is 0 Å². The summed E-state index contributed by atoms with van der Waals surface area (Å²) >= 11 is 0. The SMILES string of the molecule is NC1CC(=O)N(C(=O)CCc2ccccc2F)C1. The van der Waals surface area contributed by atoms with Crippen LogP contribution in [0.15, 0.2) is 24.3 Å². The van der Waals surface area contributed by atoms with Crippen molar-refractivity contribution < 1.29 is 14.0 Å². The number of nitrogens with zero attached hydrogens (tertiary/aromatic N) is 1. The molecule has 2 amide bonds. The fourth-order valence-electron chi connectivity index (χ4n) is 2.05. The number of carbonyl (C=O) groups is 2. The van der Waals surface area contributed by atoms with E-state index in [2.05, 4.69) is 0 Å². The zero-order valence-electron chi connectivity index (χ0n) is 9.93. The molecule has 0 radical (unpaired) electrons. The molecule has 1 saturated heterocycles. The summed E-state index contributed by atoms with van der Waals surface area (Å²) in [4.78, 5) is 24.4. The zero-order valence-corrected chi connectivity index (χ0v) is 9.93. The van der Waals surface area contributed by atoms with Gasteiger partial charge in [0, 0.05) is 25.4 Å². The molecule has 18 heavy (non-hydrogen) atoms. The van der Waals surface area contributed by atoms with Gasteiger partial charge in [-0.1, -0.05) is 18.2 Å². The van der Waals surface area contributed by atoms with Gasteiger partial charge in [-0.15, -0.1) is 0 Å². The van der Waals surface area contributed by atoms with E-state index in [-0.39, 0.29) is 43.1 Å². The minimum absolute atomic E-state index is 0.124. The highest BCUT2D eigenvalue weighted by Crippen LogP contribution is 2.14. The van der Waals surface area contributed by atoms with Gasteiger partial charge in [-0.25, -0.2) is 4.39 Å². The fourth-order valence-corrected chi connectivity index (χ4v) is 2.05. The highest BCUT2D eigenvalue weighted by Gasteiger charge is 2.31. The van der Waals surface area contributed by atoms with Crippen molar-refractivity contribution >= 4 is 11.8 Å². The summed E-state index contributed by atoms with van der Waals surface area (Å²) in [5.74, 6) is -0.841. The molecule has 1 fully saturated rings. The van der Waals surface area contributed by atoms with Crippen LogP contribution in [0.1, 0.15) is 18.4 Å². The van der Waals surface area contributed by atoms with Crippen molar-refractivity contribution in [2.45, 2.75) is 25.3 Å². The molecule has 0 aliphatic carbocycles. The standard InChI is InChI=1S/C13H15FN2O2/c14-11-4-2-1-3-9(11)5-6-12(17)16-8-10(15)7-13(16)18/h1-4,10H,5-8,15H2. The van der Waals surface area contributed by atoms with Crippen LogP contribution in [-0.2, 0) is 16.0 Å². The third-order valence-corrected chi connectivity index (χ3v) is 3.02.